The van der Waals surface area contributed by atoms with Gasteiger partial charge in [-0.2, -0.15) is 0 Å². The second kappa shape index (κ2) is 8.42. The Hall–Kier alpha value is -2.89. The Morgan fingerprint density at radius 2 is 1.68 bits per heavy atom. The summed E-state index contributed by atoms with van der Waals surface area (Å²) in [5, 5.41) is 13.3. The van der Waals surface area contributed by atoms with Gasteiger partial charge in [0.15, 0.2) is 5.82 Å². The third-order valence-electron chi connectivity index (χ3n) is 4.23. The lowest BCUT2D eigenvalue weighted by Crippen LogP contribution is -2.07. The predicted molar refractivity (Wildman–Crippen MR) is 110 cm³/mol. The van der Waals surface area contributed by atoms with E-state index in [1.807, 2.05) is 66.7 Å². The summed E-state index contributed by atoms with van der Waals surface area (Å²) >= 11 is 12.5. The van der Waals surface area contributed by atoms with E-state index in [1.165, 1.54) is 0 Å². The second-order valence-corrected chi connectivity index (χ2v) is 7.01. The highest BCUT2D eigenvalue weighted by atomic mass is 35.5. The van der Waals surface area contributed by atoms with Crippen molar-refractivity contribution in [3.63, 3.8) is 0 Å². The van der Waals surface area contributed by atoms with Crippen LogP contribution in [0.15, 0.2) is 72.8 Å². The maximum Gasteiger partial charge on any atom is 0.183 e. The van der Waals surface area contributed by atoms with Gasteiger partial charge in [0.1, 0.15) is 12.4 Å². The molecule has 0 spiro atoms. The molecule has 0 amide bonds. The van der Waals surface area contributed by atoms with Gasteiger partial charge < -0.3 is 4.74 Å². The van der Waals surface area contributed by atoms with Crippen molar-refractivity contribution in [2.45, 2.75) is 13.2 Å². The van der Waals surface area contributed by atoms with E-state index in [0.717, 1.165) is 22.4 Å². The number of benzene rings is 3. The zero-order valence-corrected chi connectivity index (χ0v) is 16.3. The average molecular weight is 411 g/mol. The smallest absolute Gasteiger partial charge is 0.183 e. The Morgan fingerprint density at radius 3 is 2.50 bits per heavy atom. The van der Waals surface area contributed by atoms with Crippen LogP contribution < -0.4 is 4.74 Å². The summed E-state index contributed by atoms with van der Waals surface area (Å²) in [6.07, 6.45) is 0. The van der Waals surface area contributed by atoms with Crippen LogP contribution in [0.3, 0.4) is 0 Å². The first-order valence-corrected chi connectivity index (χ1v) is 9.42. The minimum absolute atomic E-state index is 0.401. The minimum Gasteiger partial charge on any atom is -0.489 e. The van der Waals surface area contributed by atoms with Crippen molar-refractivity contribution in [1.29, 1.82) is 0 Å². The summed E-state index contributed by atoms with van der Waals surface area (Å²) in [4.78, 5) is 0. The summed E-state index contributed by atoms with van der Waals surface area (Å²) in [6, 6.07) is 23.0. The SMILES string of the molecule is Clc1ccc(OCc2ccccc2)c(Cn2nnnc2-c2ccccc2Cl)c1. The maximum absolute atomic E-state index is 6.31. The van der Waals surface area contributed by atoms with E-state index in [0.29, 0.717) is 29.0 Å². The van der Waals surface area contributed by atoms with Gasteiger partial charge in [-0.25, -0.2) is 4.68 Å². The Bertz CT molecular complexity index is 1080. The fraction of sp³-hybridized carbons (Fsp3) is 0.0952. The molecule has 0 unspecified atom stereocenters. The number of tetrazole rings is 1. The molecule has 0 radical (unpaired) electrons. The molecule has 0 N–H and O–H groups in total. The molecule has 4 rings (SSSR count). The summed E-state index contributed by atoms with van der Waals surface area (Å²) < 4.78 is 7.71. The van der Waals surface area contributed by atoms with Gasteiger partial charge in [-0.15, -0.1) is 5.10 Å². The summed E-state index contributed by atoms with van der Waals surface area (Å²) in [6.45, 7) is 0.862. The first-order valence-electron chi connectivity index (χ1n) is 8.67. The number of rotatable bonds is 6. The van der Waals surface area contributed by atoms with Gasteiger partial charge in [0.05, 0.1) is 11.6 Å². The fourth-order valence-corrected chi connectivity index (χ4v) is 3.27. The molecule has 7 heteroatoms. The van der Waals surface area contributed by atoms with Crippen molar-refractivity contribution >= 4 is 23.2 Å². The van der Waals surface area contributed by atoms with Crippen LogP contribution in [0.1, 0.15) is 11.1 Å². The van der Waals surface area contributed by atoms with Gasteiger partial charge in [-0.3, -0.25) is 0 Å². The molecule has 0 saturated heterocycles. The molecule has 28 heavy (non-hydrogen) atoms. The second-order valence-electron chi connectivity index (χ2n) is 6.17. The lowest BCUT2D eigenvalue weighted by Gasteiger charge is -2.13. The molecule has 140 valence electrons. The van der Waals surface area contributed by atoms with E-state index >= 15 is 0 Å². The molecule has 0 aliphatic carbocycles. The summed E-state index contributed by atoms with van der Waals surface area (Å²) in [5.41, 5.74) is 2.73. The van der Waals surface area contributed by atoms with Crippen LogP contribution in [0.5, 0.6) is 5.75 Å². The maximum atomic E-state index is 6.31. The van der Waals surface area contributed by atoms with Crippen molar-refractivity contribution in [2.24, 2.45) is 0 Å². The van der Waals surface area contributed by atoms with E-state index in [4.69, 9.17) is 27.9 Å². The van der Waals surface area contributed by atoms with Gasteiger partial charge in [0.25, 0.3) is 0 Å². The van der Waals surface area contributed by atoms with Crippen LogP contribution in [0.4, 0.5) is 0 Å². The molecular formula is C21H16Cl2N4O. The van der Waals surface area contributed by atoms with E-state index in [9.17, 15) is 0 Å². The zero-order valence-electron chi connectivity index (χ0n) is 14.8. The molecule has 0 atom stereocenters. The molecule has 0 aliphatic heterocycles. The Labute approximate surface area is 172 Å². The highest BCUT2D eigenvalue weighted by molar-refractivity contribution is 6.33. The Balaban J connectivity index is 1.61. The van der Waals surface area contributed by atoms with Gasteiger partial charge in [-0.05, 0) is 46.3 Å². The van der Waals surface area contributed by atoms with E-state index in [-0.39, 0.29) is 0 Å². The molecule has 0 saturated carbocycles. The third kappa shape index (κ3) is 4.16. The Kier molecular flexibility index (Phi) is 5.55. The van der Waals surface area contributed by atoms with Crippen LogP contribution in [0.25, 0.3) is 11.4 Å². The molecule has 3 aromatic carbocycles. The average Bonchev–Trinajstić information content (AvgIpc) is 3.16. The van der Waals surface area contributed by atoms with Gasteiger partial charge in [0, 0.05) is 16.1 Å². The molecule has 0 bridgehead atoms. The lowest BCUT2D eigenvalue weighted by molar-refractivity contribution is 0.302. The molecule has 0 aliphatic rings. The van der Waals surface area contributed by atoms with Crippen molar-refractivity contribution in [3.8, 4) is 17.1 Å². The van der Waals surface area contributed by atoms with Crippen LogP contribution >= 0.6 is 23.2 Å². The van der Waals surface area contributed by atoms with Crippen LogP contribution in [-0.4, -0.2) is 20.2 Å². The molecule has 0 fully saturated rings. The Morgan fingerprint density at radius 1 is 0.893 bits per heavy atom. The number of aromatic nitrogens is 4. The van der Waals surface area contributed by atoms with E-state index in [2.05, 4.69) is 15.5 Å². The standard InChI is InChI=1S/C21H16Cl2N4O/c22-17-10-11-20(28-14-15-6-2-1-3-7-15)16(12-17)13-27-21(24-25-26-27)18-8-4-5-9-19(18)23/h1-12H,13-14H2. The number of nitrogens with zero attached hydrogens (tertiary/aromatic N) is 4. The number of hydrogen-bond donors (Lipinski definition) is 0. The summed E-state index contributed by atoms with van der Waals surface area (Å²) in [5.74, 6) is 1.31. The van der Waals surface area contributed by atoms with E-state index in [1.54, 1.807) is 10.7 Å². The molecule has 4 aromatic rings. The molecular weight excluding hydrogens is 395 g/mol. The quantitative estimate of drug-likeness (QED) is 0.434. The highest BCUT2D eigenvalue weighted by Gasteiger charge is 2.15. The predicted octanol–water partition coefficient (Wildman–Crippen LogP) is 5.27. The van der Waals surface area contributed by atoms with Crippen molar-refractivity contribution < 1.29 is 4.74 Å². The van der Waals surface area contributed by atoms with Crippen LogP contribution in [-0.2, 0) is 13.2 Å². The third-order valence-corrected chi connectivity index (χ3v) is 4.79. The van der Waals surface area contributed by atoms with Gasteiger partial charge in [-0.1, -0.05) is 65.7 Å². The van der Waals surface area contributed by atoms with Gasteiger partial charge in [0.2, 0.25) is 0 Å². The fourth-order valence-electron chi connectivity index (χ4n) is 2.86. The lowest BCUT2D eigenvalue weighted by atomic mass is 10.1. The van der Waals surface area contributed by atoms with Crippen molar-refractivity contribution in [2.75, 3.05) is 0 Å². The van der Waals surface area contributed by atoms with E-state index < -0.39 is 0 Å². The first-order chi connectivity index (χ1) is 13.7. The molecule has 5 nitrogen and oxygen atoms in total. The monoisotopic (exact) mass is 410 g/mol. The van der Waals surface area contributed by atoms with Crippen LogP contribution in [0.2, 0.25) is 10.0 Å². The first kappa shape index (κ1) is 18.5. The topological polar surface area (TPSA) is 52.8 Å². The summed E-state index contributed by atoms with van der Waals surface area (Å²) in [7, 11) is 0. The number of hydrogen-bond acceptors (Lipinski definition) is 4. The number of ether oxygens (including phenoxy) is 1. The largest absolute Gasteiger partial charge is 0.489 e. The number of halogens is 2. The van der Waals surface area contributed by atoms with Crippen molar-refractivity contribution in [1.82, 2.24) is 20.2 Å². The molecule has 1 aromatic heterocycles. The van der Waals surface area contributed by atoms with Crippen LogP contribution in [0, 0.1) is 0 Å². The highest BCUT2D eigenvalue weighted by Crippen LogP contribution is 2.28. The van der Waals surface area contributed by atoms with Crippen molar-refractivity contribution in [3.05, 3.63) is 94.0 Å². The zero-order chi connectivity index (χ0) is 19.3. The van der Waals surface area contributed by atoms with Gasteiger partial charge >= 0.3 is 0 Å². The minimum atomic E-state index is 0.401. The molecule has 1 heterocycles. The normalized spacial score (nSPS) is 10.8.